The summed E-state index contributed by atoms with van der Waals surface area (Å²) in [4.78, 5) is 0. The zero-order valence-electron chi connectivity index (χ0n) is 10.2. The van der Waals surface area contributed by atoms with Crippen LogP contribution in [0.3, 0.4) is 0 Å². The summed E-state index contributed by atoms with van der Waals surface area (Å²) in [6, 6.07) is 5.73. The Morgan fingerprint density at radius 3 is 2.56 bits per heavy atom. The number of hydrogen-bond acceptors (Lipinski definition) is 2. The molecule has 2 atom stereocenters. The van der Waals surface area contributed by atoms with Crippen LogP contribution in [0.2, 0.25) is 5.02 Å². The van der Waals surface area contributed by atoms with Crippen molar-refractivity contribution >= 4 is 11.6 Å². The molecule has 0 aliphatic carbocycles. The molecule has 0 aliphatic heterocycles. The highest BCUT2D eigenvalue weighted by Gasteiger charge is 2.07. The maximum atomic E-state index is 6.12. The Balaban J connectivity index is 2.68. The van der Waals surface area contributed by atoms with Crippen molar-refractivity contribution in [2.75, 3.05) is 6.61 Å². The van der Waals surface area contributed by atoms with Crippen LogP contribution >= 0.6 is 11.6 Å². The van der Waals surface area contributed by atoms with Gasteiger partial charge in [-0.25, -0.2) is 0 Å². The first-order valence-corrected chi connectivity index (χ1v) is 6.10. The Kier molecular flexibility index (Phi) is 5.10. The number of rotatable bonds is 5. The summed E-state index contributed by atoms with van der Waals surface area (Å²) in [5.41, 5.74) is 6.81. The van der Waals surface area contributed by atoms with E-state index in [0.717, 1.165) is 17.7 Å². The van der Waals surface area contributed by atoms with Gasteiger partial charge in [0.15, 0.2) is 0 Å². The topological polar surface area (TPSA) is 35.2 Å². The minimum Gasteiger partial charge on any atom is -0.492 e. The van der Waals surface area contributed by atoms with Gasteiger partial charge in [0, 0.05) is 6.04 Å². The SMILES string of the molecule is CCC(C)COc1ccc(C(C)N)cc1Cl. The van der Waals surface area contributed by atoms with E-state index in [0.29, 0.717) is 17.5 Å². The van der Waals surface area contributed by atoms with Gasteiger partial charge in [0.05, 0.1) is 11.6 Å². The van der Waals surface area contributed by atoms with Gasteiger partial charge in [0.1, 0.15) is 5.75 Å². The average Bonchev–Trinajstić information content (AvgIpc) is 2.26. The van der Waals surface area contributed by atoms with Crippen LogP contribution in [0.15, 0.2) is 18.2 Å². The van der Waals surface area contributed by atoms with Crippen LogP contribution < -0.4 is 10.5 Å². The third-order valence-corrected chi connectivity index (χ3v) is 3.00. The first kappa shape index (κ1) is 13.3. The molecule has 1 aromatic carbocycles. The Morgan fingerprint density at radius 1 is 1.38 bits per heavy atom. The number of nitrogens with two attached hydrogens (primary N) is 1. The third-order valence-electron chi connectivity index (χ3n) is 2.70. The summed E-state index contributed by atoms with van der Waals surface area (Å²) in [6.45, 7) is 6.94. The van der Waals surface area contributed by atoms with Crippen LogP contribution in [-0.4, -0.2) is 6.61 Å². The van der Waals surface area contributed by atoms with Crippen LogP contribution in [0.5, 0.6) is 5.75 Å². The predicted octanol–water partition coefficient (Wildman–Crippen LogP) is 3.78. The summed E-state index contributed by atoms with van der Waals surface area (Å²) < 4.78 is 5.65. The molecule has 0 saturated carbocycles. The van der Waals surface area contributed by atoms with Gasteiger partial charge in [0.2, 0.25) is 0 Å². The number of halogens is 1. The Morgan fingerprint density at radius 2 is 2.06 bits per heavy atom. The smallest absolute Gasteiger partial charge is 0.137 e. The van der Waals surface area contributed by atoms with Crippen LogP contribution in [0.1, 0.15) is 38.8 Å². The zero-order chi connectivity index (χ0) is 12.1. The largest absolute Gasteiger partial charge is 0.492 e. The molecule has 1 rings (SSSR count). The minimum atomic E-state index is 0.00103. The quantitative estimate of drug-likeness (QED) is 0.852. The van der Waals surface area contributed by atoms with Crippen LogP contribution in [0, 0.1) is 5.92 Å². The minimum absolute atomic E-state index is 0.00103. The number of benzene rings is 1. The second-order valence-corrected chi connectivity index (χ2v) is 4.71. The standard InChI is InChI=1S/C13H20ClNO/c1-4-9(2)8-16-13-6-5-11(10(3)15)7-12(13)14/h5-7,9-10H,4,8,15H2,1-3H3. The van der Waals surface area contributed by atoms with Gasteiger partial charge >= 0.3 is 0 Å². The monoisotopic (exact) mass is 241 g/mol. The molecule has 2 unspecified atom stereocenters. The summed E-state index contributed by atoms with van der Waals surface area (Å²) in [5, 5.41) is 0.637. The molecule has 0 heterocycles. The van der Waals surface area contributed by atoms with E-state index in [9.17, 15) is 0 Å². The van der Waals surface area contributed by atoms with Gasteiger partial charge in [0.25, 0.3) is 0 Å². The highest BCUT2D eigenvalue weighted by molar-refractivity contribution is 6.32. The molecule has 0 aromatic heterocycles. The van der Waals surface area contributed by atoms with E-state index in [1.54, 1.807) is 0 Å². The van der Waals surface area contributed by atoms with Crippen molar-refractivity contribution in [3.05, 3.63) is 28.8 Å². The highest BCUT2D eigenvalue weighted by Crippen LogP contribution is 2.27. The van der Waals surface area contributed by atoms with E-state index in [2.05, 4.69) is 13.8 Å². The van der Waals surface area contributed by atoms with Gasteiger partial charge < -0.3 is 10.5 Å². The molecule has 0 radical (unpaired) electrons. The third kappa shape index (κ3) is 3.69. The van der Waals surface area contributed by atoms with Gasteiger partial charge in [-0.15, -0.1) is 0 Å². The van der Waals surface area contributed by atoms with Crippen molar-refractivity contribution in [1.29, 1.82) is 0 Å². The maximum absolute atomic E-state index is 6.12. The normalized spacial score (nSPS) is 14.6. The molecule has 2 N–H and O–H groups in total. The van der Waals surface area contributed by atoms with E-state index >= 15 is 0 Å². The van der Waals surface area contributed by atoms with E-state index in [4.69, 9.17) is 22.1 Å². The van der Waals surface area contributed by atoms with E-state index in [1.807, 2.05) is 25.1 Å². The molecule has 2 nitrogen and oxygen atoms in total. The van der Waals surface area contributed by atoms with Crippen molar-refractivity contribution in [3.8, 4) is 5.75 Å². The van der Waals surface area contributed by atoms with Crippen molar-refractivity contribution in [2.24, 2.45) is 11.7 Å². The first-order valence-electron chi connectivity index (χ1n) is 5.72. The molecule has 0 bridgehead atoms. The van der Waals surface area contributed by atoms with Gasteiger partial charge in [-0.1, -0.05) is 37.9 Å². The van der Waals surface area contributed by atoms with Gasteiger partial charge in [-0.2, -0.15) is 0 Å². The number of hydrogen-bond donors (Lipinski definition) is 1. The molecule has 3 heteroatoms. The van der Waals surface area contributed by atoms with Crippen LogP contribution in [-0.2, 0) is 0 Å². The molecule has 0 fully saturated rings. The van der Waals surface area contributed by atoms with E-state index in [-0.39, 0.29) is 6.04 Å². The summed E-state index contributed by atoms with van der Waals surface area (Å²) in [5.74, 6) is 1.29. The molecule has 90 valence electrons. The lowest BCUT2D eigenvalue weighted by molar-refractivity contribution is 0.256. The van der Waals surface area contributed by atoms with Crippen molar-refractivity contribution in [1.82, 2.24) is 0 Å². The molecular weight excluding hydrogens is 222 g/mol. The van der Waals surface area contributed by atoms with Gasteiger partial charge in [-0.05, 0) is 30.5 Å². The fourth-order valence-corrected chi connectivity index (χ4v) is 1.51. The average molecular weight is 242 g/mol. The maximum Gasteiger partial charge on any atom is 0.137 e. The second-order valence-electron chi connectivity index (χ2n) is 4.30. The lowest BCUT2D eigenvalue weighted by Gasteiger charge is -2.13. The Labute approximate surface area is 103 Å². The summed E-state index contributed by atoms with van der Waals surface area (Å²) in [7, 11) is 0. The fourth-order valence-electron chi connectivity index (χ4n) is 1.27. The summed E-state index contributed by atoms with van der Waals surface area (Å²) in [6.07, 6.45) is 1.11. The van der Waals surface area contributed by atoms with Crippen molar-refractivity contribution in [3.63, 3.8) is 0 Å². The zero-order valence-corrected chi connectivity index (χ0v) is 10.9. The molecule has 16 heavy (non-hydrogen) atoms. The molecule has 0 spiro atoms. The fraction of sp³-hybridized carbons (Fsp3) is 0.538. The molecular formula is C13H20ClNO. The number of ether oxygens (including phenoxy) is 1. The molecule has 0 amide bonds. The first-order chi connectivity index (χ1) is 7.54. The molecule has 0 aliphatic rings. The Bertz CT molecular complexity index is 339. The molecule has 1 aromatic rings. The van der Waals surface area contributed by atoms with Crippen molar-refractivity contribution in [2.45, 2.75) is 33.2 Å². The lowest BCUT2D eigenvalue weighted by atomic mass is 10.1. The van der Waals surface area contributed by atoms with Crippen molar-refractivity contribution < 1.29 is 4.74 Å². The Hall–Kier alpha value is -0.730. The van der Waals surface area contributed by atoms with Crippen LogP contribution in [0.4, 0.5) is 0 Å². The highest BCUT2D eigenvalue weighted by atomic mass is 35.5. The van der Waals surface area contributed by atoms with E-state index < -0.39 is 0 Å². The van der Waals surface area contributed by atoms with Gasteiger partial charge in [-0.3, -0.25) is 0 Å². The molecule has 0 saturated heterocycles. The van der Waals surface area contributed by atoms with Crippen LogP contribution in [0.25, 0.3) is 0 Å². The second kappa shape index (κ2) is 6.12. The van der Waals surface area contributed by atoms with E-state index in [1.165, 1.54) is 0 Å². The summed E-state index contributed by atoms with van der Waals surface area (Å²) >= 11 is 6.12. The lowest BCUT2D eigenvalue weighted by Crippen LogP contribution is -2.08. The predicted molar refractivity (Wildman–Crippen MR) is 69.0 cm³/mol.